The number of benzene rings is 3. The van der Waals surface area contributed by atoms with E-state index in [1.54, 1.807) is 24.3 Å². The fourth-order valence-electron chi connectivity index (χ4n) is 3.72. The van der Waals surface area contributed by atoms with Crippen LogP contribution in [0.1, 0.15) is 50.7 Å². The normalized spacial score (nSPS) is 10.6. The van der Waals surface area contributed by atoms with Gasteiger partial charge in [-0.05, 0) is 40.6 Å². The van der Waals surface area contributed by atoms with E-state index in [1.165, 1.54) is 16.8 Å². The van der Waals surface area contributed by atoms with Gasteiger partial charge in [0, 0.05) is 11.3 Å². The number of nitrogens with zero attached hydrogens (tertiary/aromatic N) is 1. The molecule has 174 valence electrons. The van der Waals surface area contributed by atoms with Gasteiger partial charge < -0.3 is 15.4 Å². The van der Waals surface area contributed by atoms with Gasteiger partial charge in [0.05, 0.1) is 5.69 Å². The summed E-state index contributed by atoms with van der Waals surface area (Å²) in [7, 11) is -1.34. The summed E-state index contributed by atoms with van der Waals surface area (Å²) in [6, 6.07) is 31.7. The Hall–Kier alpha value is -3.41. The predicted molar refractivity (Wildman–Crippen MR) is 144 cm³/mol. The number of aromatic nitrogens is 1. The van der Waals surface area contributed by atoms with Crippen molar-refractivity contribution >= 4 is 24.1 Å². The molecule has 0 aliphatic carbocycles. The van der Waals surface area contributed by atoms with Crippen LogP contribution in [0.3, 0.4) is 0 Å². The van der Waals surface area contributed by atoms with Gasteiger partial charge in [0.25, 0.3) is 0 Å². The summed E-state index contributed by atoms with van der Waals surface area (Å²) in [5.74, 6) is 1.80. The van der Waals surface area contributed by atoms with Crippen LogP contribution in [0.15, 0.2) is 97.1 Å². The molecular weight excluding hydrogens is 419 g/mol. The summed E-state index contributed by atoms with van der Waals surface area (Å²) in [6.45, 7) is 8.94. The monoisotopic (exact) mass is 452 g/mol. The first-order chi connectivity index (χ1) is 16.4. The van der Waals surface area contributed by atoms with Crippen LogP contribution in [0.2, 0.25) is 0 Å². The Bertz CT molecular complexity index is 1140. The third-order valence-electron chi connectivity index (χ3n) is 5.54. The van der Waals surface area contributed by atoms with Crippen molar-refractivity contribution in [2.45, 2.75) is 39.5 Å². The molecule has 0 radical (unpaired) electrons. The zero-order chi connectivity index (χ0) is 24.5. The summed E-state index contributed by atoms with van der Waals surface area (Å²) in [5.41, 5.74) is 6.50. The van der Waals surface area contributed by atoms with Crippen LogP contribution in [0.5, 0.6) is 0 Å². The number of rotatable bonds is 6. The molecular formula is C29H33BN2O2. The van der Waals surface area contributed by atoms with E-state index < -0.39 is 7.12 Å². The molecule has 0 bridgehead atoms. The second kappa shape index (κ2) is 12.2. The van der Waals surface area contributed by atoms with Crippen LogP contribution in [-0.2, 0) is 0 Å². The number of anilines is 2. The molecule has 0 atom stereocenters. The number of hydrogen-bond acceptors (Lipinski definition) is 4. The average molecular weight is 452 g/mol. The van der Waals surface area contributed by atoms with E-state index in [2.05, 4.69) is 75.5 Å². The Balaban J connectivity index is 0.000000302. The highest BCUT2D eigenvalue weighted by atomic mass is 16.4. The van der Waals surface area contributed by atoms with E-state index in [0.29, 0.717) is 17.3 Å². The smallest absolute Gasteiger partial charge is 0.423 e. The summed E-state index contributed by atoms with van der Waals surface area (Å²) in [5, 5.41) is 20.8. The van der Waals surface area contributed by atoms with E-state index in [4.69, 9.17) is 15.0 Å². The van der Waals surface area contributed by atoms with E-state index in [1.807, 2.05) is 30.3 Å². The predicted octanol–water partition coefficient (Wildman–Crippen LogP) is 6.11. The van der Waals surface area contributed by atoms with Crippen LogP contribution in [0, 0.1) is 0 Å². The van der Waals surface area contributed by atoms with Gasteiger partial charge in [0.15, 0.2) is 0 Å². The van der Waals surface area contributed by atoms with Crippen molar-refractivity contribution in [3.8, 4) is 11.3 Å². The summed E-state index contributed by atoms with van der Waals surface area (Å²) < 4.78 is 0. The zero-order valence-corrected chi connectivity index (χ0v) is 20.3. The Morgan fingerprint density at radius 3 is 1.68 bits per heavy atom. The molecule has 4 aromatic rings. The molecule has 1 heterocycles. The lowest BCUT2D eigenvalue weighted by atomic mass is 9.81. The van der Waals surface area contributed by atoms with Gasteiger partial charge in [-0.25, -0.2) is 4.98 Å². The highest BCUT2D eigenvalue weighted by molar-refractivity contribution is 6.58. The molecule has 0 spiro atoms. The molecule has 3 aromatic carbocycles. The first-order valence-corrected chi connectivity index (χ1v) is 11.7. The quantitative estimate of drug-likeness (QED) is 0.309. The molecule has 0 fully saturated rings. The first kappa shape index (κ1) is 25.2. The van der Waals surface area contributed by atoms with Gasteiger partial charge in [-0.2, -0.15) is 0 Å². The molecule has 0 unspecified atom stereocenters. The first-order valence-electron chi connectivity index (χ1n) is 11.7. The van der Waals surface area contributed by atoms with Crippen molar-refractivity contribution < 1.29 is 10.0 Å². The SMILES string of the molecule is CC(C)c1cccc(C(C)C)c1Nc1cccc(-c2ccccc2)n1.OB(O)c1ccccc1. The molecule has 3 N–H and O–H groups in total. The van der Waals surface area contributed by atoms with Gasteiger partial charge in [-0.1, -0.05) is 113 Å². The number of para-hydroxylation sites is 1. The highest BCUT2D eigenvalue weighted by Crippen LogP contribution is 2.34. The Morgan fingerprint density at radius 2 is 1.18 bits per heavy atom. The Morgan fingerprint density at radius 1 is 0.647 bits per heavy atom. The van der Waals surface area contributed by atoms with E-state index in [9.17, 15) is 0 Å². The van der Waals surface area contributed by atoms with E-state index in [0.717, 1.165) is 17.1 Å². The van der Waals surface area contributed by atoms with Crippen LogP contribution in [-0.4, -0.2) is 22.2 Å². The maximum absolute atomic E-state index is 8.58. The van der Waals surface area contributed by atoms with Crippen molar-refractivity contribution in [1.82, 2.24) is 4.98 Å². The Labute approximate surface area is 203 Å². The number of nitrogens with one attached hydrogen (secondary N) is 1. The van der Waals surface area contributed by atoms with Crippen LogP contribution in [0.25, 0.3) is 11.3 Å². The van der Waals surface area contributed by atoms with Crippen molar-refractivity contribution in [2.75, 3.05) is 5.32 Å². The third-order valence-corrected chi connectivity index (χ3v) is 5.54. The minimum atomic E-state index is -1.34. The van der Waals surface area contributed by atoms with E-state index in [-0.39, 0.29) is 0 Å². The molecule has 1 aromatic heterocycles. The molecule has 0 saturated heterocycles. The highest BCUT2D eigenvalue weighted by Gasteiger charge is 2.14. The zero-order valence-electron chi connectivity index (χ0n) is 20.3. The molecule has 0 saturated carbocycles. The molecule has 0 amide bonds. The summed E-state index contributed by atoms with van der Waals surface area (Å²) >= 11 is 0. The summed E-state index contributed by atoms with van der Waals surface area (Å²) in [6.07, 6.45) is 0. The molecule has 4 rings (SSSR count). The molecule has 0 aliphatic rings. The van der Waals surface area contributed by atoms with Crippen LogP contribution < -0.4 is 10.8 Å². The van der Waals surface area contributed by atoms with Gasteiger partial charge in [-0.3, -0.25) is 0 Å². The maximum atomic E-state index is 8.58. The second-order valence-corrected chi connectivity index (χ2v) is 8.80. The number of pyridine rings is 1. The van der Waals surface area contributed by atoms with Crippen LogP contribution in [0.4, 0.5) is 11.5 Å². The van der Waals surface area contributed by atoms with E-state index >= 15 is 0 Å². The molecule has 4 nitrogen and oxygen atoms in total. The minimum Gasteiger partial charge on any atom is -0.423 e. The third kappa shape index (κ3) is 6.80. The second-order valence-electron chi connectivity index (χ2n) is 8.80. The molecule has 34 heavy (non-hydrogen) atoms. The van der Waals surface area contributed by atoms with Crippen molar-refractivity contribution in [2.24, 2.45) is 0 Å². The lowest BCUT2D eigenvalue weighted by molar-refractivity contribution is 0.426. The van der Waals surface area contributed by atoms with Gasteiger partial charge >= 0.3 is 7.12 Å². The fourth-order valence-corrected chi connectivity index (χ4v) is 3.72. The molecule has 0 aliphatic heterocycles. The minimum absolute atomic E-state index is 0.457. The topological polar surface area (TPSA) is 65.4 Å². The van der Waals surface area contributed by atoms with Gasteiger partial charge in [0.1, 0.15) is 5.82 Å². The standard InChI is InChI=1S/C23H26N2.C6H7BO2/c1-16(2)19-12-8-13-20(17(3)4)23(19)25-22-15-9-14-21(24-22)18-10-6-5-7-11-18;8-7(9)6-4-2-1-3-5-6/h5-17H,1-4H3,(H,24,25);1-5,8-9H. The summed E-state index contributed by atoms with van der Waals surface area (Å²) in [4.78, 5) is 4.83. The largest absolute Gasteiger partial charge is 0.488 e. The van der Waals surface area contributed by atoms with Crippen molar-refractivity contribution in [3.63, 3.8) is 0 Å². The van der Waals surface area contributed by atoms with Crippen molar-refractivity contribution in [1.29, 1.82) is 0 Å². The van der Waals surface area contributed by atoms with Crippen LogP contribution >= 0.6 is 0 Å². The number of hydrogen-bond donors (Lipinski definition) is 3. The lowest BCUT2D eigenvalue weighted by Crippen LogP contribution is -2.29. The molecule has 5 heteroatoms. The fraction of sp³-hybridized carbons (Fsp3) is 0.207. The lowest BCUT2D eigenvalue weighted by Gasteiger charge is -2.20. The van der Waals surface area contributed by atoms with Crippen molar-refractivity contribution in [3.05, 3.63) is 108 Å². The maximum Gasteiger partial charge on any atom is 0.488 e. The Kier molecular flexibility index (Phi) is 9.03. The van der Waals surface area contributed by atoms with Gasteiger partial charge in [0.2, 0.25) is 0 Å². The van der Waals surface area contributed by atoms with Gasteiger partial charge in [-0.15, -0.1) is 0 Å². The average Bonchev–Trinajstić information content (AvgIpc) is 2.85.